The summed E-state index contributed by atoms with van der Waals surface area (Å²) in [5.74, 6) is 0. The molecule has 0 radical (unpaired) electrons. The SMILES string of the molecule is CCC(CC)(CC)NS(=O)(=O)c1ccc(N)cc1Br. The van der Waals surface area contributed by atoms with Crippen LogP contribution in [0.4, 0.5) is 5.69 Å². The monoisotopic (exact) mass is 348 g/mol. The van der Waals surface area contributed by atoms with Gasteiger partial charge in [-0.05, 0) is 53.4 Å². The number of hydrogen-bond donors (Lipinski definition) is 2. The fourth-order valence-electron chi connectivity index (χ4n) is 2.04. The van der Waals surface area contributed by atoms with E-state index in [0.717, 1.165) is 19.3 Å². The zero-order valence-corrected chi connectivity index (χ0v) is 13.9. The lowest BCUT2D eigenvalue weighted by Gasteiger charge is -2.31. The van der Waals surface area contributed by atoms with E-state index < -0.39 is 10.0 Å². The van der Waals surface area contributed by atoms with Crippen LogP contribution >= 0.6 is 15.9 Å². The van der Waals surface area contributed by atoms with Gasteiger partial charge in [-0.3, -0.25) is 0 Å². The molecule has 0 atom stereocenters. The minimum atomic E-state index is -3.55. The van der Waals surface area contributed by atoms with Crippen LogP contribution in [0, 0.1) is 0 Å². The molecule has 1 aromatic rings. The van der Waals surface area contributed by atoms with E-state index in [1.54, 1.807) is 12.1 Å². The normalized spacial score (nSPS) is 12.6. The quantitative estimate of drug-likeness (QED) is 0.774. The summed E-state index contributed by atoms with van der Waals surface area (Å²) in [6, 6.07) is 4.71. The molecule has 0 aliphatic rings. The summed E-state index contributed by atoms with van der Waals surface area (Å²) in [6.45, 7) is 5.98. The average Bonchev–Trinajstić information content (AvgIpc) is 2.35. The second-order valence-corrected chi connectivity index (χ2v) is 7.14. The molecular weight excluding hydrogens is 328 g/mol. The summed E-state index contributed by atoms with van der Waals surface area (Å²) in [5.41, 5.74) is 5.77. The average molecular weight is 349 g/mol. The summed E-state index contributed by atoms with van der Waals surface area (Å²) >= 11 is 3.26. The van der Waals surface area contributed by atoms with Crippen LogP contribution in [0.15, 0.2) is 27.6 Å². The fraction of sp³-hybridized carbons (Fsp3) is 0.538. The van der Waals surface area contributed by atoms with Gasteiger partial charge in [0.1, 0.15) is 0 Å². The first kappa shape index (κ1) is 16.5. The molecular formula is C13H21BrN2O2S. The minimum Gasteiger partial charge on any atom is -0.399 e. The topological polar surface area (TPSA) is 72.2 Å². The molecule has 0 aliphatic heterocycles. The van der Waals surface area contributed by atoms with Crippen LogP contribution in [0.1, 0.15) is 40.0 Å². The number of nitrogens with one attached hydrogen (secondary N) is 1. The molecule has 108 valence electrons. The minimum absolute atomic E-state index is 0.224. The van der Waals surface area contributed by atoms with Gasteiger partial charge in [0, 0.05) is 15.7 Å². The highest BCUT2D eigenvalue weighted by atomic mass is 79.9. The summed E-state index contributed by atoms with van der Waals surface area (Å²) in [4.78, 5) is 0.224. The molecule has 0 saturated heterocycles. The van der Waals surface area contributed by atoms with Crippen molar-refractivity contribution in [3.63, 3.8) is 0 Å². The van der Waals surface area contributed by atoms with Crippen LogP contribution in [-0.4, -0.2) is 14.0 Å². The molecule has 6 heteroatoms. The lowest BCUT2D eigenvalue weighted by atomic mass is 9.91. The van der Waals surface area contributed by atoms with Crippen LogP contribution in [0.3, 0.4) is 0 Å². The Morgan fingerprint density at radius 3 is 2.16 bits per heavy atom. The second kappa shape index (κ2) is 6.24. The zero-order chi connectivity index (χ0) is 14.7. The van der Waals surface area contributed by atoms with Crippen LogP contribution in [0.25, 0.3) is 0 Å². The Kier molecular flexibility index (Phi) is 5.41. The van der Waals surface area contributed by atoms with Gasteiger partial charge < -0.3 is 5.73 Å². The number of hydrogen-bond acceptors (Lipinski definition) is 3. The number of nitrogen functional groups attached to an aromatic ring is 1. The third-order valence-corrected chi connectivity index (χ3v) is 6.18. The van der Waals surface area contributed by atoms with Gasteiger partial charge in [0.25, 0.3) is 0 Å². The van der Waals surface area contributed by atoms with Gasteiger partial charge in [0.05, 0.1) is 4.90 Å². The number of rotatable bonds is 6. The van der Waals surface area contributed by atoms with Gasteiger partial charge in [-0.15, -0.1) is 0 Å². The van der Waals surface area contributed by atoms with Crippen molar-refractivity contribution in [2.24, 2.45) is 0 Å². The molecule has 0 fully saturated rings. The lowest BCUT2D eigenvalue weighted by molar-refractivity contribution is 0.341. The molecule has 4 nitrogen and oxygen atoms in total. The molecule has 1 aromatic carbocycles. The lowest BCUT2D eigenvalue weighted by Crippen LogP contribution is -2.47. The molecule has 19 heavy (non-hydrogen) atoms. The molecule has 0 saturated carbocycles. The Morgan fingerprint density at radius 2 is 1.74 bits per heavy atom. The maximum Gasteiger partial charge on any atom is 0.242 e. The molecule has 3 N–H and O–H groups in total. The van der Waals surface area contributed by atoms with Gasteiger partial charge in [-0.1, -0.05) is 20.8 Å². The molecule has 0 heterocycles. The van der Waals surface area contributed by atoms with E-state index in [-0.39, 0.29) is 10.4 Å². The largest absolute Gasteiger partial charge is 0.399 e. The Bertz CT molecular complexity index is 531. The van der Waals surface area contributed by atoms with Crippen molar-refractivity contribution in [2.45, 2.75) is 50.5 Å². The van der Waals surface area contributed by atoms with E-state index in [2.05, 4.69) is 20.7 Å². The van der Waals surface area contributed by atoms with Gasteiger partial charge >= 0.3 is 0 Å². The van der Waals surface area contributed by atoms with Crippen LogP contribution in [-0.2, 0) is 10.0 Å². The highest BCUT2D eigenvalue weighted by Crippen LogP contribution is 2.28. The number of nitrogens with two attached hydrogens (primary N) is 1. The van der Waals surface area contributed by atoms with E-state index >= 15 is 0 Å². The van der Waals surface area contributed by atoms with E-state index in [0.29, 0.717) is 10.2 Å². The smallest absolute Gasteiger partial charge is 0.242 e. The van der Waals surface area contributed by atoms with Gasteiger partial charge in [-0.25, -0.2) is 13.1 Å². The van der Waals surface area contributed by atoms with Gasteiger partial charge in [-0.2, -0.15) is 0 Å². The third kappa shape index (κ3) is 3.70. The van der Waals surface area contributed by atoms with Crippen molar-refractivity contribution in [1.29, 1.82) is 0 Å². The van der Waals surface area contributed by atoms with Crippen LogP contribution in [0.2, 0.25) is 0 Å². The standard InChI is InChI=1S/C13H21BrN2O2S/c1-4-13(5-2,6-3)16-19(17,18)12-8-7-10(15)9-11(12)14/h7-9,16H,4-6,15H2,1-3H3. The maximum atomic E-state index is 12.5. The molecule has 0 spiro atoms. The summed E-state index contributed by atoms with van der Waals surface area (Å²) in [5, 5.41) is 0. The van der Waals surface area contributed by atoms with E-state index in [1.165, 1.54) is 6.07 Å². The highest BCUT2D eigenvalue weighted by molar-refractivity contribution is 9.10. The van der Waals surface area contributed by atoms with Crippen LogP contribution in [0.5, 0.6) is 0 Å². The predicted octanol–water partition coefficient (Wildman–Crippen LogP) is 3.28. The maximum absolute atomic E-state index is 12.5. The molecule has 0 bridgehead atoms. The van der Waals surface area contributed by atoms with Crippen molar-refractivity contribution in [3.8, 4) is 0 Å². The zero-order valence-electron chi connectivity index (χ0n) is 11.5. The first-order chi connectivity index (χ1) is 8.80. The first-order valence-corrected chi connectivity index (χ1v) is 8.67. The number of sulfonamides is 1. The molecule has 0 amide bonds. The molecule has 1 rings (SSSR count). The van der Waals surface area contributed by atoms with Crippen molar-refractivity contribution >= 4 is 31.6 Å². The second-order valence-electron chi connectivity index (χ2n) is 4.64. The Morgan fingerprint density at radius 1 is 1.21 bits per heavy atom. The Hall–Kier alpha value is -0.590. The van der Waals surface area contributed by atoms with Crippen molar-refractivity contribution < 1.29 is 8.42 Å². The summed E-state index contributed by atoms with van der Waals surface area (Å²) < 4.78 is 28.3. The summed E-state index contributed by atoms with van der Waals surface area (Å²) in [6.07, 6.45) is 2.27. The predicted molar refractivity (Wildman–Crippen MR) is 82.5 cm³/mol. The van der Waals surface area contributed by atoms with E-state index in [4.69, 9.17) is 5.73 Å². The number of benzene rings is 1. The fourth-order valence-corrected chi connectivity index (χ4v) is 4.75. The Labute approximate surface area is 124 Å². The van der Waals surface area contributed by atoms with Gasteiger partial charge in [0.15, 0.2) is 0 Å². The van der Waals surface area contributed by atoms with Gasteiger partial charge in [0.2, 0.25) is 10.0 Å². The van der Waals surface area contributed by atoms with Crippen molar-refractivity contribution in [3.05, 3.63) is 22.7 Å². The van der Waals surface area contributed by atoms with Crippen molar-refractivity contribution in [2.75, 3.05) is 5.73 Å². The third-order valence-electron chi connectivity index (χ3n) is 3.63. The van der Waals surface area contributed by atoms with Crippen LogP contribution < -0.4 is 10.5 Å². The van der Waals surface area contributed by atoms with Crippen molar-refractivity contribution in [1.82, 2.24) is 4.72 Å². The molecule has 0 unspecified atom stereocenters. The Balaban J connectivity index is 3.17. The van der Waals surface area contributed by atoms with E-state index in [9.17, 15) is 8.42 Å². The van der Waals surface area contributed by atoms with E-state index in [1.807, 2.05) is 20.8 Å². The number of anilines is 1. The summed E-state index contributed by atoms with van der Waals surface area (Å²) in [7, 11) is -3.55. The molecule has 0 aliphatic carbocycles. The highest BCUT2D eigenvalue weighted by Gasteiger charge is 2.31. The number of halogens is 1. The molecule has 0 aromatic heterocycles. The first-order valence-electron chi connectivity index (χ1n) is 6.39.